The van der Waals surface area contributed by atoms with Gasteiger partial charge >= 0.3 is 29.8 Å². The predicted octanol–water partition coefficient (Wildman–Crippen LogP) is 4.79. The van der Waals surface area contributed by atoms with Gasteiger partial charge in [0, 0.05) is 26.3 Å². The van der Waals surface area contributed by atoms with E-state index >= 15 is 0 Å². The summed E-state index contributed by atoms with van der Waals surface area (Å²) >= 11 is 0. The van der Waals surface area contributed by atoms with Gasteiger partial charge < -0.3 is 23.7 Å². The molecule has 0 unspecified atom stereocenters. The molecule has 45 heavy (non-hydrogen) atoms. The van der Waals surface area contributed by atoms with E-state index in [9.17, 15) is 24.0 Å². The van der Waals surface area contributed by atoms with E-state index in [4.69, 9.17) is 23.7 Å². The van der Waals surface area contributed by atoms with Gasteiger partial charge in [-0.1, -0.05) is 50.8 Å². The van der Waals surface area contributed by atoms with Gasteiger partial charge in [-0.15, -0.1) is 0 Å². The van der Waals surface area contributed by atoms with E-state index in [2.05, 4.69) is 6.58 Å². The molecule has 1 aliphatic rings. The first-order valence-electron chi connectivity index (χ1n) is 14.7. The number of hydrogen-bond donors (Lipinski definition) is 0. The third-order valence-corrected chi connectivity index (χ3v) is 7.08. The highest BCUT2D eigenvalue weighted by Crippen LogP contribution is 2.31. The Morgan fingerprint density at radius 1 is 0.733 bits per heavy atom. The second kappa shape index (κ2) is 18.4. The highest BCUT2D eigenvalue weighted by molar-refractivity contribution is 5.81. The molecule has 3 rings (SSSR count). The summed E-state index contributed by atoms with van der Waals surface area (Å²) in [6, 6.07) is 15.9. The summed E-state index contributed by atoms with van der Waals surface area (Å²) in [6.07, 6.45) is 3.51. The number of carbonyl (C=O) groups excluding carboxylic acids is 5. The van der Waals surface area contributed by atoms with E-state index in [1.54, 1.807) is 62.4 Å². The fourth-order valence-corrected chi connectivity index (χ4v) is 4.45. The summed E-state index contributed by atoms with van der Waals surface area (Å²) in [5, 5.41) is 0. The molecule has 2 aromatic rings. The van der Waals surface area contributed by atoms with Crippen LogP contribution in [0.1, 0.15) is 57.9 Å². The lowest BCUT2D eigenvalue weighted by atomic mass is 9.82. The van der Waals surface area contributed by atoms with E-state index < -0.39 is 23.3 Å². The molecule has 0 saturated heterocycles. The van der Waals surface area contributed by atoms with Crippen LogP contribution >= 0.6 is 0 Å². The lowest BCUT2D eigenvalue weighted by Crippen LogP contribution is -2.30. The van der Waals surface area contributed by atoms with E-state index in [1.807, 2.05) is 6.07 Å². The molecule has 0 heterocycles. The second-order valence-corrected chi connectivity index (χ2v) is 11.5. The maximum atomic E-state index is 12.7. The molecule has 239 valence electrons. The van der Waals surface area contributed by atoms with Crippen molar-refractivity contribution in [3.63, 3.8) is 0 Å². The van der Waals surface area contributed by atoms with Gasteiger partial charge in [0.05, 0.1) is 44.5 Å². The smallest absolute Gasteiger partial charge is 0.330 e. The van der Waals surface area contributed by atoms with Crippen LogP contribution in [-0.4, -0.2) is 58.1 Å². The van der Waals surface area contributed by atoms with E-state index in [0.29, 0.717) is 43.6 Å². The van der Waals surface area contributed by atoms with Crippen LogP contribution in [0.4, 0.5) is 0 Å². The molecule has 0 aromatic heterocycles. The Morgan fingerprint density at radius 3 is 1.76 bits per heavy atom. The fraction of sp³-hybridized carbons (Fsp3) is 0.441. The number of ether oxygens (including phenoxy) is 5. The summed E-state index contributed by atoms with van der Waals surface area (Å²) in [6.45, 7) is 7.11. The first-order valence-corrected chi connectivity index (χ1v) is 14.7. The number of carbonyl (C=O) groups is 5. The van der Waals surface area contributed by atoms with E-state index in [1.165, 1.54) is 0 Å². The Hall–Kier alpha value is -4.41. The first-order chi connectivity index (χ1) is 21.0. The Labute approximate surface area is 266 Å². The van der Waals surface area contributed by atoms with Gasteiger partial charge in [-0.3, -0.25) is 19.2 Å². The molecule has 0 bridgehead atoms. The molecule has 1 aliphatic carbocycles. The highest BCUT2D eigenvalue weighted by Gasteiger charge is 2.32. The third-order valence-electron chi connectivity index (χ3n) is 7.08. The standard InChI is InChI=1S/C34H40O10.B/c1-4-29(35)41-22-34(2,3)23-42-31(37)19-18-30(36)40-21-20-24-10-16-28(17-11-24)44-33(39)26-14-12-25(13-15-26)32(38)43-27-8-6-5-7-9-27;/h4-11,16-17,25-26H,1,12-15,18-23H2,2-3H3;. The molecule has 1 fully saturated rings. The molecule has 0 atom stereocenters. The van der Waals surface area contributed by atoms with Crippen molar-refractivity contribution in [1.82, 2.24) is 0 Å². The molecule has 1 saturated carbocycles. The maximum absolute atomic E-state index is 12.7. The first kappa shape index (κ1) is 36.8. The largest absolute Gasteiger partial charge is 0.465 e. The Bertz CT molecular complexity index is 1280. The average Bonchev–Trinajstić information content (AvgIpc) is 3.03. The number of esters is 5. The quantitative estimate of drug-likeness (QED) is 0.0902. The maximum Gasteiger partial charge on any atom is 0.330 e. The van der Waals surface area contributed by atoms with Crippen LogP contribution < -0.4 is 9.47 Å². The molecule has 0 spiro atoms. The number of hydrogen-bond acceptors (Lipinski definition) is 10. The van der Waals surface area contributed by atoms with Crippen molar-refractivity contribution in [2.75, 3.05) is 19.8 Å². The average molecular weight is 619 g/mol. The number of para-hydroxylation sites is 1. The Balaban J connectivity index is 0.00000705. The van der Waals surface area contributed by atoms with Crippen LogP contribution in [0.3, 0.4) is 0 Å². The van der Waals surface area contributed by atoms with Gasteiger partial charge in [0.15, 0.2) is 0 Å². The van der Waals surface area contributed by atoms with Gasteiger partial charge in [0.1, 0.15) is 11.5 Å². The zero-order valence-electron chi connectivity index (χ0n) is 25.9. The Kier molecular flexibility index (Phi) is 15.1. The summed E-state index contributed by atoms with van der Waals surface area (Å²) in [7, 11) is 0. The summed E-state index contributed by atoms with van der Waals surface area (Å²) in [4.78, 5) is 60.3. The van der Waals surface area contributed by atoms with Crippen molar-refractivity contribution in [3.05, 3.63) is 72.8 Å². The molecule has 0 aliphatic heterocycles. The molecule has 10 nitrogen and oxygen atoms in total. The van der Waals surface area contributed by atoms with Crippen LogP contribution in [0.5, 0.6) is 11.5 Å². The third kappa shape index (κ3) is 13.4. The zero-order valence-corrected chi connectivity index (χ0v) is 25.9. The highest BCUT2D eigenvalue weighted by atomic mass is 16.6. The van der Waals surface area contributed by atoms with Crippen molar-refractivity contribution >= 4 is 38.3 Å². The minimum absolute atomic E-state index is 0. The van der Waals surface area contributed by atoms with Crippen LogP contribution in [0, 0.1) is 17.3 Å². The number of benzene rings is 2. The van der Waals surface area contributed by atoms with Crippen molar-refractivity contribution in [2.45, 2.75) is 58.8 Å². The van der Waals surface area contributed by atoms with Gasteiger partial charge in [0.2, 0.25) is 0 Å². The molecule has 2 aromatic carbocycles. The SMILES string of the molecule is C=CC(=O)OCC(C)(C)COC(=O)CCC(=O)OCCc1ccc(OC(=O)C2CCC(C(=O)Oc3ccccc3)CC2)cc1.[B]. The van der Waals surface area contributed by atoms with Crippen molar-refractivity contribution < 1.29 is 47.7 Å². The monoisotopic (exact) mass is 619 g/mol. The summed E-state index contributed by atoms with van der Waals surface area (Å²) in [5.74, 6) is -1.79. The van der Waals surface area contributed by atoms with Gasteiger partial charge in [0.25, 0.3) is 0 Å². The molecular weight excluding hydrogens is 579 g/mol. The lowest BCUT2D eigenvalue weighted by Gasteiger charge is -2.25. The number of rotatable bonds is 15. The van der Waals surface area contributed by atoms with Gasteiger partial charge in [-0.25, -0.2) is 4.79 Å². The molecule has 11 heteroatoms. The predicted molar refractivity (Wildman–Crippen MR) is 165 cm³/mol. The zero-order chi connectivity index (χ0) is 32.0. The normalized spacial score (nSPS) is 15.9. The second-order valence-electron chi connectivity index (χ2n) is 11.5. The molecule has 0 amide bonds. The summed E-state index contributed by atoms with van der Waals surface area (Å²) in [5.41, 5.74) is 0.302. The summed E-state index contributed by atoms with van der Waals surface area (Å²) < 4.78 is 26.4. The lowest BCUT2D eigenvalue weighted by molar-refractivity contribution is -0.154. The van der Waals surface area contributed by atoms with Crippen LogP contribution in [-0.2, 0) is 44.6 Å². The van der Waals surface area contributed by atoms with E-state index in [-0.39, 0.29) is 64.8 Å². The minimum Gasteiger partial charge on any atom is -0.465 e. The van der Waals surface area contributed by atoms with Crippen LogP contribution in [0.2, 0.25) is 0 Å². The minimum atomic E-state index is -0.581. The molecule has 3 radical (unpaired) electrons. The molecule has 0 N–H and O–H groups in total. The Morgan fingerprint density at radius 2 is 1.22 bits per heavy atom. The van der Waals surface area contributed by atoms with Crippen molar-refractivity contribution in [2.24, 2.45) is 17.3 Å². The van der Waals surface area contributed by atoms with Crippen molar-refractivity contribution in [1.29, 1.82) is 0 Å². The van der Waals surface area contributed by atoms with E-state index in [0.717, 1.165) is 11.6 Å². The van der Waals surface area contributed by atoms with Crippen LogP contribution in [0.15, 0.2) is 67.3 Å². The van der Waals surface area contributed by atoms with Crippen molar-refractivity contribution in [3.8, 4) is 11.5 Å². The fourth-order valence-electron chi connectivity index (χ4n) is 4.45. The topological polar surface area (TPSA) is 132 Å². The van der Waals surface area contributed by atoms with Crippen LogP contribution in [0.25, 0.3) is 0 Å². The van der Waals surface area contributed by atoms with Gasteiger partial charge in [-0.05, 0) is 55.5 Å². The molecular formula is C34H40BO10. The van der Waals surface area contributed by atoms with Gasteiger partial charge in [-0.2, -0.15) is 0 Å².